The van der Waals surface area contributed by atoms with Crippen LogP contribution in [0.5, 0.6) is 0 Å². The second-order valence-electron chi connectivity index (χ2n) is 9.10. The van der Waals surface area contributed by atoms with Crippen molar-refractivity contribution in [2.45, 2.75) is 44.2 Å². The maximum atomic E-state index is 11.8. The van der Waals surface area contributed by atoms with Crippen molar-refractivity contribution in [2.75, 3.05) is 6.61 Å². The Balaban J connectivity index is 1.40. The minimum Gasteiger partial charge on any atom is -0.383 e. The summed E-state index contributed by atoms with van der Waals surface area (Å²) in [4.78, 5) is 8.37. The molecule has 2 aromatic heterocycles. The second-order valence-corrected chi connectivity index (χ2v) is 11.1. The Morgan fingerprint density at radius 2 is 1.61 bits per heavy atom. The molecule has 0 radical (unpaired) electrons. The van der Waals surface area contributed by atoms with Gasteiger partial charge < -0.3 is 23.9 Å². The van der Waals surface area contributed by atoms with E-state index in [4.69, 9.17) is 72.2 Å². The van der Waals surface area contributed by atoms with Gasteiger partial charge in [0.2, 0.25) is 0 Å². The molecule has 0 spiro atoms. The standard InChI is InChI=1S/C26H22Cl5N3O4/c1-26(35)22(37-11-15-3-5-17(28)9-20(15)30)21(12-36-10-14-2-4-16(27)8-19(14)29)38-25(26)34-7-6-18-23(31)32-13-33-24(18)34/h2-9,13,21-22,25,35H,10-12H2,1H3/t21-,22-,25?,26-/m1/s1. The monoisotopic (exact) mass is 615 g/mol. The average molecular weight is 618 g/mol. The summed E-state index contributed by atoms with van der Waals surface area (Å²) >= 11 is 30.9. The van der Waals surface area contributed by atoms with Crippen molar-refractivity contribution in [1.29, 1.82) is 0 Å². The summed E-state index contributed by atoms with van der Waals surface area (Å²) in [5.74, 6) is 0. The van der Waals surface area contributed by atoms with E-state index >= 15 is 0 Å². The molecule has 1 aliphatic heterocycles. The van der Waals surface area contributed by atoms with Crippen LogP contribution in [0.3, 0.4) is 0 Å². The largest absolute Gasteiger partial charge is 0.383 e. The number of fused-ring (bicyclic) bond motifs is 1. The molecule has 4 aromatic rings. The van der Waals surface area contributed by atoms with Gasteiger partial charge in [-0.2, -0.15) is 0 Å². The molecule has 1 fully saturated rings. The third-order valence-corrected chi connectivity index (χ3v) is 7.89. The fourth-order valence-corrected chi connectivity index (χ4v) is 5.63. The molecular formula is C26H22Cl5N3O4. The topological polar surface area (TPSA) is 78.6 Å². The summed E-state index contributed by atoms with van der Waals surface area (Å²) < 4.78 is 20.3. The number of aliphatic hydroxyl groups is 1. The predicted molar refractivity (Wildman–Crippen MR) is 148 cm³/mol. The molecule has 0 saturated carbocycles. The van der Waals surface area contributed by atoms with Crippen LogP contribution >= 0.6 is 58.0 Å². The van der Waals surface area contributed by atoms with Crippen molar-refractivity contribution < 1.29 is 19.3 Å². The van der Waals surface area contributed by atoms with Gasteiger partial charge >= 0.3 is 0 Å². The Hall–Kier alpha value is -1.65. The van der Waals surface area contributed by atoms with E-state index in [-0.39, 0.29) is 19.8 Å². The van der Waals surface area contributed by atoms with Crippen LogP contribution in [0.1, 0.15) is 24.3 Å². The van der Waals surface area contributed by atoms with Gasteiger partial charge in [-0.3, -0.25) is 0 Å². The van der Waals surface area contributed by atoms with Crippen molar-refractivity contribution in [1.82, 2.24) is 14.5 Å². The van der Waals surface area contributed by atoms with E-state index in [1.807, 2.05) is 0 Å². The molecule has 1 N–H and O–H groups in total. The molecule has 3 heterocycles. The van der Waals surface area contributed by atoms with Gasteiger partial charge in [0, 0.05) is 26.3 Å². The average Bonchev–Trinajstić information content (AvgIpc) is 3.39. The Morgan fingerprint density at radius 1 is 0.947 bits per heavy atom. The molecule has 1 saturated heterocycles. The van der Waals surface area contributed by atoms with E-state index in [0.717, 1.165) is 5.56 Å². The molecule has 0 amide bonds. The van der Waals surface area contributed by atoms with E-state index in [0.29, 0.717) is 41.8 Å². The fourth-order valence-electron chi connectivity index (χ4n) is 4.51. The molecule has 5 rings (SSSR count). The van der Waals surface area contributed by atoms with Crippen molar-refractivity contribution in [3.05, 3.63) is 91.4 Å². The second kappa shape index (κ2) is 11.5. The van der Waals surface area contributed by atoms with Crippen molar-refractivity contribution in [2.24, 2.45) is 0 Å². The molecule has 200 valence electrons. The van der Waals surface area contributed by atoms with Crippen molar-refractivity contribution in [3.8, 4) is 0 Å². The zero-order chi connectivity index (χ0) is 27.0. The third-order valence-electron chi connectivity index (χ3n) is 6.42. The van der Waals surface area contributed by atoms with Crippen molar-refractivity contribution >= 4 is 69.0 Å². The van der Waals surface area contributed by atoms with E-state index in [2.05, 4.69) is 9.97 Å². The molecule has 1 aliphatic rings. The molecule has 0 bridgehead atoms. The van der Waals surface area contributed by atoms with E-state index in [9.17, 15) is 5.11 Å². The zero-order valence-corrected chi connectivity index (χ0v) is 23.7. The third kappa shape index (κ3) is 5.63. The van der Waals surface area contributed by atoms with Crippen LogP contribution in [0.2, 0.25) is 25.2 Å². The fraction of sp³-hybridized carbons (Fsp3) is 0.308. The predicted octanol–water partition coefficient (Wildman–Crippen LogP) is 7.15. The Labute approximate surface area is 244 Å². The summed E-state index contributed by atoms with van der Waals surface area (Å²) in [5, 5.41) is 14.7. The van der Waals surface area contributed by atoms with Gasteiger partial charge in [0.25, 0.3) is 0 Å². The Kier molecular flexibility index (Phi) is 8.41. The lowest BCUT2D eigenvalue weighted by atomic mass is 9.96. The van der Waals surface area contributed by atoms with E-state index < -0.39 is 24.0 Å². The normalized spacial score (nSPS) is 23.4. The summed E-state index contributed by atoms with van der Waals surface area (Å²) in [6, 6.07) is 12.1. The summed E-state index contributed by atoms with van der Waals surface area (Å²) in [6.45, 7) is 2.09. The highest BCUT2D eigenvalue weighted by Gasteiger charge is 2.55. The van der Waals surface area contributed by atoms with Gasteiger partial charge in [0.15, 0.2) is 6.23 Å². The summed E-state index contributed by atoms with van der Waals surface area (Å²) in [5.41, 5.74) is 0.512. The number of halogens is 5. The first kappa shape index (κ1) is 27.9. The number of ether oxygens (including phenoxy) is 3. The van der Waals surface area contributed by atoms with Gasteiger partial charge in [-0.15, -0.1) is 0 Å². The number of rotatable bonds is 8. The van der Waals surface area contributed by atoms with E-state index in [1.165, 1.54) is 6.33 Å². The Bertz CT molecular complexity index is 1460. The first-order valence-electron chi connectivity index (χ1n) is 11.6. The molecule has 7 nitrogen and oxygen atoms in total. The molecule has 12 heteroatoms. The Morgan fingerprint density at radius 3 is 2.26 bits per heavy atom. The van der Waals surface area contributed by atoms with Gasteiger partial charge in [-0.25, -0.2) is 9.97 Å². The number of aromatic nitrogens is 3. The van der Waals surface area contributed by atoms with Crippen molar-refractivity contribution in [3.63, 3.8) is 0 Å². The minimum absolute atomic E-state index is 0.111. The van der Waals surface area contributed by atoms with Gasteiger partial charge in [-0.1, -0.05) is 70.1 Å². The number of benzene rings is 2. The van der Waals surface area contributed by atoms with Crippen LogP contribution in [0, 0.1) is 0 Å². The maximum absolute atomic E-state index is 11.8. The number of hydrogen-bond acceptors (Lipinski definition) is 6. The molecule has 2 aromatic carbocycles. The molecule has 1 unspecified atom stereocenters. The molecule has 4 atom stereocenters. The van der Waals surface area contributed by atoms with Gasteiger partial charge in [0.1, 0.15) is 34.9 Å². The highest BCUT2D eigenvalue weighted by Crippen LogP contribution is 2.42. The quantitative estimate of drug-likeness (QED) is 0.212. The smallest absolute Gasteiger partial charge is 0.167 e. The van der Waals surface area contributed by atoms with Crippen LogP contribution in [0.4, 0.5) is 0 Å². The molecule has 0 aliphatic carbocycles. The van der Waals surface area contributed by atoms with Crippen LogP contribution in [-0.2, 0) is 27.4 Å². The van der Waals surface area contributed by atoms with Crippen LogP contribution in [0.15, 0.2) is 55.0 Å². The van der Waals surface area contributed by atoms with Crippen LogP contribution < -0.4 is 0 Å². The first-order valence-corrected chi connectivity index (χ1v) is 13.5. The number of nitrogens with zero attached hydrogens (tertiary/aromatic N) is 3. The van der Waals surface area contributed by atoms with Crippen LogP contribution in [0.25, 0.3) is 11.0 Å². The first-order chi connectivity index (χ1) is 18.1. The zero-order valence-electron chi connectivity index (χ0n) is 20.0. The minimum atomic E-state index is -1.49. The van der Waals surface area contributed by atoms with Gasteiger partial charge in [-0.05, 0) is 48.4 Å². The SMILES string of the molecule is C[C@]1(O)C(n2ccc3c(Cl)ncnc32)O[C@H](COCc2ccc(Cl)cc2Cl)[C@H]1OCc1ccc(Cl)cc1Cl. The number of hydrogen-bond donors (Lipinski definition) is 1. The van der Waals surface area contributed by atoms with Gasteiger partial charge in [0.05, 0.1) is 25.2 Å². The summed E-state index contributed by atoms with van der Waals surface area (Å²) in [7, 11) is 0. The molecular weight excluding hydrogens is 596 g/mol. The lowest BCUT2D eigenvalue weighted by Crippen LogP contribution is -2.46. The maximum Gasteiger partial charge on any atom is 0.167 e. The van der Waals surface area contributed by atoms with E-state index in [1.54, 1.807) is 60.2 Å². The highest BCUT2D eigenvalue weighted by molar-refractivity contribution is 6.35. The van der Waals surface area contributed by atoms with Crippen LogP contribution in [-0.4, -0.2) is 44.1 Å². The molecule has 38 heavy (non-hydrogen) atoms. The highest BCUT2D eigenvalue weighted by atomic mass is 35.5. The lowest BCUT2D eigenvalue weighted by molar-refractivity contribution is -0.114. The summed E-state index contributed by atoms with van der Waals surface area (Å²) in [6.07, 6.45) is 0.799. The lowest BCUT2D eigenvalue weighted by Gasteiger charge is -2.30.